The maximum Gasteiger partial charge on any atom is 0.259 e. The van der Waals surface area contributed by atoms with Gasteiger partial charge in [-0.2, -0.15) is 5.10 Å². The van der Waals surface area contributed by atoms with E-state index < -0.39 is 0 Å². The molecule has 0 bridgehead atoms. The summed E-state index contributed by atoms with van der Waals surface area (Å²) in [6.07, 6.45) is 4.16. The fraction of sp³-hybridized carbons (Fsp3) is 0.346. The topological polar surface area (TPSA) is 67.2 Å². The highest BCUT2D eigenvalue weighted by molar-refractivity contribution is 6.04. The van der Waals surface area contributed by atoms with Crippen molar-refractivity contribution in [2.75, 3.05) is 18.4 Å². The molecule has 1 N–H and O–H groups in total. The summed E-state index contributed by atoms with van der Waals surface area (Å²) in [4.78, 5) is 27.7. The molecule has 1 fully saturated rings. The maximum absolute atomic E-state index is 13.1. The molecule has 0 saturated carbocycles. The van der Waals surface area contributed by atoms with E-state index in [0.717, 1.165) is 24.1 Å². The Hall–Kier alpha value is -3.48. The number of carbonyl (C=O) groups is 2. The highest BCUT2D eigenvalue weighted by Crippen LogP contribution is 2.26. The second kappa shape index (κ2) is 9.98. The Bertz CT molecular complexity index is 1100. The van der Waals surface area contributed by atoms with E-state index >= 15 is 0 Å². The molecule has 2 amide bonds. The van der Waals surface area contributed by atoms with Crippen LogP contribution in [-0.4, -0.2) is 39.6 Å². The first kappa shape index (κ1) is 22.7. The van der Waals surface area contributed by atoms with Crippen molar-refractivity contribution in [3.63, 3.8) is 0 Å². The van der Waals surface area contributed by atoms with Crippen LogP contribution in [0.3, 0.4) is 0 Å². The molecule has 4 rings (SSSR count). The minimum atomic E-state index is -0.349. The molecule has 0 unspecified atom stereocenters. The second-order valence-electron chi connectivity index (χ2n) is 8.73. The Morgan fingerprint density at radius 2 is 1.76 bits per heavy atom. The molecule has 1 aromatic heterocycles. The Kier molecular flexibility index (Phi) is 6.87. The zero-order valence-corrected chi connectivity index (χ0v) is 19.0. The quantitative estimate of drug-likeness (QED) is 0.608. The summed E-state index contributed by atoms with van der Waals surface area (Å²) in [5, 5.41) is 7.33. The normalized spacial score (nSPS) is 15.3. The molecule has 0 radical (unpaired) electrons. The van der Waals surface area contributed by atoms with Gasteiger partial charge in [-0.1, -0.05) is 30.3 Å². The van der Waals surface area contributed by atoms with Crippen LogP contribution in [0.2, 0.25) is 0 Å². The zero-order chi connectivity index (χ0) is 23.4. The van der Waals surface area contributed by atoms with Gasteiger partial charge in [-0.05, 0) is 61.9 Å². The highest BCUT2D eigenvalue weighted by Gasteiger charge is 2.28. The number of carbonyl (C=O) groups excluding carboxylic acids is 2. The summed E-state index contributed by atoms with van der Waals surface area (Å²) in [5.74, 6) is -0.238. The number of nitrogens with zero attached hydrogens (tertiary/aromatic N) is 3. The van der Waals surface area contributed by atoms with Gasteiger partial charge in [0.15, 0.2) is 0 Å². The van der Waals surface area contributed by atoms with Gasteiger partial charge in [-0.25, -0.2) is 4.39 Å². The molecule has 3 aromatic rings. The van der Waals surface area contributed by atoms with E-state index in [2.05, 4.69) is 10.4 Å². The predicted octanol–water partition coefficient (Wildman–Crippen LogP) is 4.40. The molecule has 7 heteroatoms. The average molecular weight is 449 g/mol. The van der Waals surface area contributed by atoms with Gasteiger partial charge in [-0.15, -0.1) is 0 Å². The number of aromatic nitrogens is 2. The Morgan fingerprint density at radius 3 is 2.42 bits per heavy atom. The molecule has 0 aliphatic carbocycles. The van der Waals surface area contributed by atoms with E-state index in [4.69, 9.17) is 0 Å². The fourth-order valence-electron chi connectivity index (χ4n) is 4.40. The lowest BCUT2D eigenvalue weighted by atomic mass is 9.90. The number of amides is 2. The Balaban J connectivity index is 1.35. The number of hydrogen-bond donors (Lipinski definition) is 1. The van der Waals surface area contributed by atoms with Gasteiger partial charge < -0.3 is 10.2 Å². The van der Waals surface area contributed by atoms with Crippen molar-refractivity contribution in [3.05, 3.63) is 83.4 Å². The minimum absolute atomic E-state index is 0.152. The first-order chi connectivity index (χ1) is 15.9. The van der Waals surface area contributed by atoms with Crippen LogP contribution in [-0.2, 0) is 18.3 Å². The summed E-state index contributed by atoms with van der Waals surface area (Å²) in [5.41, 5.74) is 2.85. The first-order valence-corrected chi connectivity index (χ1v) is 11.3. The van der Waals surface area contributed by atoms with Crippen LogP contribution >= 0.6 is 0 Å². The summed E-state index contributed by atoms with van der Waals surface area (Å²) in [6, 6.07) is 15.6. The number of likely N-dealkylation sites (tertiary alicyclic amines) is 1. The van der Waals surface area contributed by atoms with Crippen LogP contribution in [0.25, 0.3) is 0 Å². The van der Waals surface area contributed by atoms with Crippen LogP contribution < -0.4 is 5.32 Å². The van der Waals surface area contributed by atoms with Crippen LogP contribution in [0, 0.1) is 11.7 Å². The van der Waals surface area contributed by atoms with E-state index in [0.29, 0.717) is 36.7 Å². The third-order valence-corrected chi connectivity index (χ3v) is 6.33. The maximum atomic E-state index is 13.1. The molecule has 1 aliphatic heterocycles. The number of piperidine rings is 1. The first-order valence-electron chi connectivity index (χ1n) is 11.3. The van der Waals surface area contributed by atoms with Gasteiger partial charge in [0, 0.05) is 32.0 Å². The van der Waals surface area contributed by atoms with Crippen LogP contribution in [0.4, 0.5) is 10.1 Å². The monoisotopic (exact) mass is 448 g/mol. The third-order valence-electron chi connectivity index (χ3n) is 6.33. The molecule has 2 heterocycles. The number of aryl methyl sites for hydroxylation is 1. The Labute approximate surface area is 193 Å². The van der Waals surface area contributed by atoms with Crippen molar-refractivity contribution >= 4 is 17.5 Å². The van der Waals surface area contributed by atoms with Crippen molar-refractivity contribution < 1.29 is 14.0 Å². The lowest BCUT2D eigenvalue weighted by Gasteiger charge is -2.33. The molecule has 6 nitrogen and oxygen atoms in total. The SMILES string of the molecule is C[C@H](C(=O)N1CCC(Cc2nn(C)cc2C(=O)Nc2ccc(F)cc2)CC1)c1ccccc1. The van der Waals surface area contributed by atoms with Crippen molar-refractivity contribution in [1.82, 2.24) is 14.7 Å². The van der Waals surface area contributed by atoms with Crippen LogP contribution in [0.1, 0.15) is 47.3 Å². The van der Waals surface area contributed by atoms with Gasteiger partial charge >= 0.3 is 0 Å². The minimum Gasteiger partial charge on any atom is -0.342 e. The average Bonchev–Trinajstić information content (AvgIpc) is 3.20. The van der Waals surface area contributed by atoms with Gasteiger partial charge in [-0.3, -0.25) is 14.3 Å². The number of anilines is 1. The molecular formula is C26H29FN4O2. The van der Waals surface area contributed by atoms with E-state index in [1.807, 2.05) is 42.2 Å². The van der Waals surface area contributed by atoms with Gasteiger partial charge in [0.2, 0.25) is 5.91 Å². The molecule has 1 atom stereocenters. The number of halogens is 1. The highest BCUT2D eigenvalue weighted by atomic mass is 19.1. The zero-order valence-electron chi connectivity index (χ0n) is 19.0. The summed E-state index contributed by atoms with van der Waals surface area (Å²) in [7, 11) is 1.80. The molecular weight excluding hydrogens is 419 g/mol. The van der Waals surface area contributed by atoms with Crippen LogP contribution in [0.5, 0.6) is 0 Å². The van der Waals surface area contributed by atoms with E-state index in [1.54, 1.807) is 17.9 Å². The lowest BCUT2D eigenvalue weighted by molar-refractivity contribution is -0.133. The largest absolute Gasteiger partial charge is 0.342 e. The second-order valence-corrected chi connectivity index (χ2v) is 8.73. The number of rotatable bonds is 6. The summed E-state index contributed by atoms with van der Waals surface area (Å²) < 4.78 is 14.8. The number of nitrogens with one attached hydrogen (secondary N) is 1. The van der Waals surface area contributed by atoms with Crippen molar-refractivity contribution in [3.8, 4) is 0 Å². The van der Waals surface area contributed by atoms with Gasteiger partial charge in [0.05, 0.1) is 17.2 Å². The predicted molar refractivity (Wildman–Crippen MR) is 125 cm³/mol. The molecule has 1 aliphatic rings. The fourth-order valence-corrected chi connectivity index (χ4v) is 4.40. The van der Waals surface area contributed by atoms with Gasteiger partial charge in [0.25, 0.3) is 5.91 Å². The third kappa shape index (κ3) is 5.48. The Morgan fingerprint density at radius 1 is 1.09 bits per heavy atom. The van der Waals surface area contributed by atoms with Gasteiger partial charge in [0.1, 0.15) is 5.82 Å². The number of hydrogen-bond acceptors (Lipinski definition) is 3. The van der Waals surface area contributed by atoms with Crippen molar-refractivity contribution in [1.29, 1.82) is 0 Å². The number of benzene rings is 2. The molecule has 0 spiro atoms. The smallest absolute Gasteiger partial charge is 0.259 e. The van der Waals surface area contributed by atoms with Crippen LogP contribution in [0.15, 0.2) is 60.8 Å². The van der Waals surface area contributed by atoms with Crippen molar-refractivity contribution in [2.24, 2.45) is 13.0 Å². The summed E-state index contributed by atoms with van der Waals surface area (Å²) in [6.45, 7) is 3.39. The van der Waals surface area contributed by atoms with E-state index in [-0.39, 0.29) is 23.5 Å². The molecule has 1 saturated heterocycles. The lowest BCUT2D eigenvalue weighted by Crippen LogP contribution is -2.41. The molecule has 33 heavy (non-hydrogen) atoms. The molecule has 172 valence electrons. The van der Waals surface area contributed by atoms with E-state index in [9.17, 15) is 14.0 Å². The van der Waals surface area contributed by atoms with Crippen molar-refractivity contribution in [2.45, 2.75) is 32.1 Å². The molecule has 2 aromatic carbocycles. The standard InChI is InChI=1S/C26H29FN4O2/c1-18(20-6-4-3-5-7-20)26(33)31-14-12-19(13-15-31)16-24-23(17-30(2)29-24)25(32)28-22-10-8-21(27)9-11-22/h3-11,17-19H,12-16H2,1-2H3,(H,28,32)/t18-/m0/s1. The van der Waals surface area contributed by atoms with E-state index in [1.165, 1.54) is 24.3 Å². The summed E-state index contributed by atoms with van der Waals surface area (Å²) >= 11 is 0.